The average molecular weight is 296 g/mol. The summed E-state index contributed by atoms with van der Waals surface area (Å²) in [7, 11) is 0. The van der Waals surface area contributed by atoms with E-state index in [1.54, 1.807) is 18.3 Å². The summed E-state index contributed by atoms with van der Waals surface area (Å²) >= 11 is 2.90. The van der Waals surface area contributed by atoms with E-state index in [0.29, 0.717) is 16.3 Å². The molecule has 19 heavy (non-hydrogen) atoms. The average Bonchev–Trinajstić information content (AvgIpc) is 2.98. The fourth-order valence-electron chi connectivity index (χ4n) is 1.94. The van der Waals surface area contributed by atoms with Crippen molar-refractivity contribution in [2.75, 3.05) is 5.32 Å². The largest absolute Gasteiger partial charge is 0.478 e. The van der Waals surface area contributed by atoms with Crippen LogP contribution in [0, 0.1) is 6.92 Å². The van der Waals surface area contributed by atoms with Gasteiger partial charge in [0.1, 0.15) is 10.6 Å². The number of aromatic nitrogens is 1. The molecule has 0 saturated carbocycles. The molecule has 0 saturated heterocycles. The Morgan fingerprint density at radius 1 is 1.58 bits per heavy atom. The van der Waals surface area contributed by atoms with Crippen LogP contribution in [0.25, 0.3) is 0 Å². The Morgan fingerprint density at radius 3 is 2.95 bits per heavy atom. The van der Waals surface area contributed by atoms with Gasteiger partial charge in [-0.2, -0.15) is 4.37 Å². The molecule has 2 aromatic heterocycles. The topological polar surface area (TPSA) is 62.2 Å². The van der Waals surface area contributed by atoms with Crippen molar-refractivity contribution in [1.82, 2.24) is 4.37 Å². The van der Waals surface area contributed by atoms with Gasteiger partial charge in [-0.25, -0.2) is 4.79 Å². The molecule has 0 fully saturated rings. The minimum absolute atomic E-state index is 0.156. The normalized spacial score (nSPS) is 12.3. The van der Waals surface area contributed by atoms with Crippen LogP contribution in [0.4, 0.5) is 5.00 Å². The molecule has 2 heterocycles. The quantitative estimate of drug-likeness (QED) is 0.840. The highest BCUT2D eigenvalue weighted by atomic mass is 32.1. The lowest BCUT2D eigenvalue weighted by molar-refractivity contribution is 0.0697. The molecule has 2 N–H and O–H groups in total. The molecule has 0 amide bonds. The van der Waals surface area contributed by atoms with Crippen molar-refractivity contribution in [3.8, 4) is 0 Å². The van der Waals surface area contributed by atoms with Gasteiger partial charge in [-0.1, -0.05) is 19.4 Å². The summed E-state index contributed by atoms with van der Waals surface area (Å²) in [5.41, 5.74) is 0.865. The van der Waals surface area contributed by atoms with Gasteiger partial charge in [0.15, 0.2) is 0 Å². The van der Waals surface area contributed by atoms with Crippen LogP contribution in [0.3, 0.4) is 0 Å². The van der Waals surface area contributed by atoms with E-state index in [4.69, 9.17) is 0 Å². The highest BCUT2D eigenvalue weighted by molar-refractivity contribution is 7.11. The van der Waals surface area contributed by atoms with Crippen molar-refractivity contribution in [1.29, 1.82) is 0 Å². The van der Waals surface area contributed by atoms with E-state index >= 15 is 0 Å². The molecule has 4 nitrogen and oxygen atoms in total. The van der Waals surface area contributed by atoms with E-state index < -0.39 is 5.97 Å². The zero-order valence-electron chi connectivity index (χ0n) is 10.8. The number of hydrogen-bond donors (Lipinski definition) is 2. The van der Waals surface area contributed by atoms with E-state index in [0.717, 1.165) is 12.8 Å². The second kappa shape index (κ2) is 6.16. The van der Waals surface area contributed by atoms with E-state index in [9.17, 15) is 9.90 Å². The van der Waals surface area contributed by atoms with E-state index in [1.165, 1.54) is 16.4 Å². The molecule has 0 bridgehead atoms. The van der Waals surface area contributed by atoms with E-state index in [1.807, 2.05) is 11.4 Å². The summed E-state index contributed by atoms with van der Waals surface area (Å²) in [6, 6.07) is 4.25. The number of nitrogens with one attached hydrogen (secondary N) is 1. The molecule has 6 heteroatoms. The molecule has 1 unspecified atom stereocenters. The second-order valence-electron chi connectivity index (χ2n) is 4.28. The molecule has 0 spiro atoms. The SMILES string of the molecule is CCCC(Nc1snc(C)c1C(=O)O)c1cccs1. The first kappa shape index (κ1) is 14.0. The van der Waals surface area contributed by atoms with Gasteiger partial charge in [0, 0.05) is 4.88 Å². The molecule has 0 aliphatic carbocycles. The maximum absolute atomic E-state index is 11.3. The van der Waals surface area contributed by atoms with Gasteiger partial charge in [-0.3, -0.25) is 0 Å². The number of carbonyl (C=O) groups is 1. The number of nitrogens with zero attached hydrogens (tertiary/aromatic N) is 1. The van der Waals surface area contributed by atoms with Gasteiger partial charge in [0.25, 0.3) is 0 Å². The number of aromatic carboxylic acids is 1. The smallest absolute Gasteiger partial charge is 0.340 e. The Labute approximate surface area is 120 Å². The summed E-state index contributed by atoms with van der Waals surface area (Å²) in [4.78, 5) is 12.5. The highest BCUT2D eigenvalue weighted by Crippen LogP contribution is 2.32. The number of thiophene rings is 1. The Morgan fingerprint density at radius 2 is 2.37 bits per heavy atom. The summed E-state index contributed by atoms with van der Waals surface area (Å²) < 4.78 is 4.13. The number of carboxylic acid groups (broad SMARTS) is 1. The lowest BCUT2D eigenvalue weighted by atomic mass is 10.1. The third-order valence-corrected chi connectivity index (χ3v) is 4.70. The molecule has 102 valence electrons. The van der Waals surface area contributed by atoms with E-state index in [2.05, 4.69) is 22.7 Å². The number of carboxylic acids is 1. The monoisotopic (exact) mass is 296 g/mol. The maximum atomic E-state index is 11.3. The Hall–Kier alpha value is -1.40. The van der Waals surface area contributed by atoms with Crippen molar-refractivity contribution in [3.63, 3.8) is 0 Å². The maximum Gasteiger partial charge on any atom is 0.340 e. The van der Waals surface area contributed by atoms with Crippen LogP contribution in [0.2, 0.25) is 0 Å². The molecule has 0 aromatic carbocycles. The van der Waals surface area contributed by atoms with Gasteiger partial charge in [-0.15, -0.1) is 11.3 Å². The number of anilines is 1. The van der Waals surface area contributed by atoms with Crippen LogP contribution in [-0.2, 0) is 0 Å². The van der Waals surface area contributed by atoms with Crippen molar-refractivity contribution >= 4 is 33.8 Å². The lowest BCUT2D eigenvalue weighted by Crippen LogP contribution is -2.11. The third-order valence-electron chi connectivity index (χ3n) is 2.85. The van der Waals surface area contributed by atoms with Gasteiger partial charge < -0.3 is 10.4 Å². The first-order valence-corrected chi connectivity index (χ1v) is 7.78. The van der Waals surface area contributed by atoms with Crippen LogP contribution in [-0.4, -0.2) is 15.4 Å². The first-order chi connectivity index (χ1) is 9.13. The van der Waals surface area contributed by atoms with Crippen LogP contribution in [0.1, 0.15) is 46.7 Å². The third kappa shape index (κ3) is 3.13. The number of aryl methyl sites for hydroxylation is 1. The van der Waals surface area contributed by atoms with Crippen molar-refractivity contribution in [3.05, 3.63) is 33.6 Å². The zero-order chi connectivity index (χ0) is 13.8. The van der Waals surface area contributed by atoms with Crippen molar-refractivity contribution in [2.24, 2.45) is 0 Å². The Kier molecular flexibility index (Phi) is 4.55. The predicted octanol–water partition coefficient (Wildman–Crippen LogP) is 4.16. The molecular weight excluding hydrogens is 280 g/mol. The Bertz CT molecular complexity index is 549. The van der Waals surface area contributed by atoms with Gasteiger partial charge in [-0.05, 0) is 36.3 Å². The Balaban J connectivity index is 2.25. The second-order valence-corrected chi connectivity index (χ2v) is 6.03. The van der Waals surface area contributed by atoms with Gasteiger partial charge >= 0.3 is 5.97 Å². The molecule has 0 aliphatic rings. The van der Waals surface area contributed by atoms with Crippen LogP contribution < -0.4 is 5.32 Å². The molecular formula is C13H16N2O2S2. The minimum atomic E-state index is -0.921. The van der Waals surface area contributed by atoms with Gasteiger partial charge in [0.2, 0.25) is 0 Å². The number of hydrogen-bond acceptors (Lipinski definition) is 5. The molecule has 0 aliphatic heterocycles. The molecule has 2 rings (SSSR count). The fraction of sp³-hybridized carbons (Fsp3) is 0.385. The minimum Gasteiger partial charge on any atom is -0.478 e. The number of rotatable bonds is 6. The lowest BCUT2D eigenvalue weighted by Gasteiger charge is -2.17. The fourth-order valence-corrected chi connectivity index (χ4v) is 3.60. The first-order valence-electron chi connectivity index (χ1n) is 6.13. The summed E-state index contributed by atoms with van der Waals surface area (Å²) in [6.45, 7) is 3.85. The summed E-state index contributed by atoms with van der Waals surface area (Å²) in [6.07, 6.45) is 2.01. The summed E-state index contributed by atoms with van der Waals surface area (Å²) in [5.74, 6) is -0.921. The highest BCUT2D eigenvalue weighted by Gasteiger charge is 2.21. The van der Waals surface area contributed by atoms with Crippen molar-refractivity contribution in [2.45, 2.75) is 32.7 Å². The van der Waals surface area contributed by atoms with Crippen LogP contribution in [0.15, 0.2) is 17.5 Å². The van der Waals surface area contributed by atoms with Crippen LogP contribution >= 0.6 is 22.9 Å². The van der Waals surface area contributed by atoms with Crippen molar-refractivity contribution < 1.29 is 9.90 Å². The molecule has 0 radical (unpaired) electrons. The standard InChI is InChI=1S/C13H16N2O2S2/c1-3-5-9(10-6-4-7-18-10)14-12-11(13(16)17)8(2)15-19-12/h4,6-7,9,14H,3,5H2,1-2H3,(H,16,17). The summed E-state index contributed by atoms with van der Waals surface area (Å²) in [5, 5.41) is 15.3. The predicted molar refractivity (Wildman–Crippen MR) is 79.4 cm³/mol. The molecule has 2 aromatic rings. The van der Waals surface area contributed by atoms with E-state index in [-0.39, 0.29) is 6.04 Å². The molecule has 1 atom stereocenters. The van der Waals surface area contributed by atoms with Crippen LogP contribution in [0.5, 0.6) is 0 Å². The zero-order valence-corrected chi connectivity index (χ0v) is 12.5. The van der Waals surface area contributed by atoms with Gasteiger partial charge in [0.05, 0.1) is 11.7 Å².